The van der Waals surface area contributed by atoms with E-state index in [1.165, 1.54) is 36.5 Å². The number of pyridine rings is 1. The highest BCUT2D eigenvalue weighted by Gasteiger charge is 2.23. The first kappa shape index (κ1) is 28.7. The minimum absolute atomic E-state index is 0.235. The predicted octanol–water partition coefficient (Wildman–Crippen LogP) is 5.67. The number of fused-ring (bicyclic) bond motifs is 1. The molecule has 2 N–H and O–H groups in total. The smallest absolute Gasteiger partial charge is 0.237 e. The SMILES string of the molecule is CN(C)C1CCC(Nc2ncc3nc(-c4ccc(NS(=O)(=O)Cc5ccc(F)cc5)c(F)c4)cc(CF)c3n2)CC1. The van der Waals surface area contributed by atoms with Crippen molar-refractivity contribution in [1.29, 1.82) is 0 Å². The number of halogens is 3. The summed E-state index contributed by atoms with van der Waals surface area (Å²) in [5.41, 5.74) is 1.77. The number of nitrogens with one attached hydrogen (secondary N) is 2. The number of aromatic nitrogens is 3. The topological polar surface area (TPSA) is 100 Å². The van der Waals surface area contributed by atoms with Gasteiger partial charge in [0.2, 0.25) is 16.0 Å². The number of hydrogen-bond acceptors (Lipinski definition) is 7. The first-order valence-corrected chi connectivity index (χ1v) is 15.0. The van der Waals surface area contributed by atoms with E-state index in [0.717, 1.165) is 43.9 Å². The second-order valence-electron chi connectivity index (χ2n) is 10.5. The first-order chi connectivity index (χ1) is 19.6. The van der Waals surface area contributed by atoms with Crippen LogP contribution in [0.5, 0.6) is 0 Å². The van der Waals surface area contributed by atoms with E-state index in [0.29, 0.717) is 39.8 Å². The van der Waals surface area contributed by atoms with Crippen LogP contribution in [0.15, 0.2) is 54.7 Å². The summed E-state index contributed by atoms with van der Waals surface area (Å²) >= 11 is 0. The second kappa shape index (κ2) is 12.0. The quantitative estimate of drug-likeness (QED) is 0.262. The number of rotatable bonds is 9. The van der Waals surface area contributed by atoms with Gasteiger partial charge < -0.3 is 10.2 Å². The monoisotopic (exact) mass is 584 g/mol. The standard InChI is InChI=1S/C29H31F3N6O2S/c1-38(2)23-10-8-22(9-11-23)34-29-33-16-27-28(36-29)20(15-30)14-26(35-27)19-5-12-25(24(32)13-19)37-41(39,40)17-18-3-6-21(31)7-4-18/h3-7,12-14,16,22-23,37H,8-11,15,17H2,1-2H3,(H,33,34,36). The molecule has 1 fully saturated rings. The molecule has 2 heterocycles. The summed E-state index contributed by atoms with van der Waals surface area (Å²) in [5.74, 6) is -1.35. The lowest BCUT2D eigenvalue weighted by atomic mass is 9.91. The highest BCUT2D eigenvalue weighted by Crippen LogP contribution is 2.29. The minimum atomic E-state index is -3.96. The second-order valence-corrected chi connectivity index (χ2v) is 12.2. The number of nitrogens with zero attached hydrogens (tertiary/aromatic N) is 4. The summed E-state index contributed by atoms with van der Waals surface area (Å²) in [6, 6.07) is 11.2. The molecule has 1 saturated carbocycles. The van der Waals surface area contributed by atoms with E-state index in [1.54, 1.807) is 0 Å². The van der Waals surface area contributed by atoms with Gasteiger partial charge in [-0.25, -0.2) is 36.5 Å². The molecule has 0 unspecified atom stereocenters. The molecular formula is C29H31F3N6O2S. The van der Waals surface area contributed by atoms with Crippen LogP contribution in [0.2, 0.25) is 0 Å². The molecule has 0 saturated heterocycles. The minimum Gasteiger partial charge on any atom is -0.351 e. The Kier molecular flexibility index (Phi) is 8.41. The highest BCUT2D eigenvalue weighted by molar-refractivity contribution is 7.91. The van der Waals surface area contributed by atoms with Gasteiger partial charge in [-0.3, -0.25) is 4.72 Å². The van der Waals surface area contributed by atoms with Crippen molar-refractivity contribution in [2.24, 2.45) is 0 Å². The maximum Gasteiger partial charge on any atom is 0.237 e. The Balaban J connectivity index is 1.33. The zero-order valence-electron chi connectivity index (χ0n) is 22.7. The van der Waals surface area contributed by atoms with E-state index in [1.807, 2.05) is 0 Å². The molecule has 0 bridgehead atoms. The molecule has 1 aliphatic rings. The number of anilines is 2. The van der Waals surface area contributed by atoms with Gasteiger partial charge in [0.05, 0.1) is 23.3 Å². The molecule has 5 rings (SSSR count). The van der Waals surface area contributed by atoms with E-state index in [2.05, 4.69) is 44.0 Å². The molecule has 8 nitrogen and oxygen atoms in total. The van der Waals surface area contributed by atoms with E-state index in [4.69, 9.17) is 0 Å². The fourth-order valence-electron chi connectivity index (χ4n) is 5.09. The molecule has 0 atom stereocenters. The molecule has 41 heavy (non-hydrogen) atoms. The summed E-state index contributed by atoms with van der Waals surface area (Å²) in [5, 5.41) is 3.37. The number of hydrogen-bond donors (Lipinski definition) is 2. The lowest BCUT2D eigenvalue weighted by Gasteiger charge is -2.32. The van der Waals surface area contributed by atoms with Crippen LogP contribution in [0.25, 0.3) is 22.3 Å². The van der Waals surface area contributed by atoms with Crippen LogP contribution < -0.4 is 10.0 Å². The maximum absolute atomic E-state index is 15.0. The molecule has 2 aromatic heterocycles. The zero-order chi connectivity index (χ0) is 29.1. The van der Waals surface area contributed by atoms with Crippen LogP contribution in [0.3, 0.4) is 0 Å². The zero-order valence-corrected chi connectivity index (χ0v) is 23.6. The van der Waals surface area contributed by atoms with Crippen molar-refractivity contribution >= 4 is 32.7 Å². The van der Waals surface area contributed by atoms with Crippen LogP contribution in [0.4, 0.5) is 24.8 Å². The molecule has 0 amide bonds. The largest absolute Gasteiger partial charge is 0.351 e. The Morgan fingerprint density at radius 3 is 2.37 bits per heavy atom. The van der Waals surface area contributed by atoms with Gasteiger partial charge in [0.1, 0.15) is 29.3 Å². The van der Waals surface area contributed by atoms with Crippen LogP contribution in [-0.2, 0) is 22.5 Å². The van der Waals surface area contributed by atoms with Gasteiger partial charge >= 0.3 is 0 Å². The van der Waals surface area contributed by atoms with Gasteiger partial charge in [0.15, 0.2) is 0 Å². The van der Waals surface area contributed by atoms with E-state index >= 15 is 0 Å². The van der Waals surface area contributed by atoms with Gasteiger partial charge in [0.25, 0.3) is 0 Å². The Bertz CT molecular complexity index is 1640. The molecule has 4 aromatic rings. The highest BCUT2D eigenvalue weighted by atomic mass is 32.2. The van der Waals surface area contributed by atoms with Crippen LogP contribution in [-0.4, -0.2) is 54.4 Å². The third-order valence-corrected chi connectivity index (χ3v) is 8.57. The summed E-state index contributed by atoms with van der Waals surface area (Å²) in [6.45, 7) is -0.805. The maximum atomic E-state index is 15.0. The van der Waals surface area contributed by atoms with Gasteiger partial charge in [-0.2, -0.15) is 0 Å². The molecule has 0 spiro atoms. The molecule has 2 aromatic carbocycles. The average molecular weight is 585 g/mol. The Morgan fingerprint density at radius 2 is 1.71 bits per heavy atom. The number of benzene rings is 2. The summed E-state index contributed by atoms with van der Waals surface area (Å²) < 4.78 is 69.5. The third-order valence-electron chi connectivity index (χ3n) is 7.33. The normalized spacial score (nSPS) is 17.6. The fraction of sp³-hybridized carbons (Fsp3) is 0.345. The summed E-state index contributed by atoms with van der Waals surface area (Å²) in [6.07, 6.45) is 5.64. The predicted molar refractivity (Wildman–Crippen MR) is 154 cm³/mol. The molecule has 0 aliphatic heterocycles. The summed E-state index contributed by atoms with van der Waals surface area (Å²) in [4.78, 5) is 15.7. The molecular weight excluding hydrogens is 553 g/mol. The Morgan fingerprint density at radius 1 is 0.976 bits per heavy atom. The Labute approximate surface area is 237 Å². The van der Waals surface area contributed by atoms with Crippen LogP contribution in [0, 0.1) is 11.6 Å². The van der Waals surface area contributed by atoms with Crippen molar-refractivity contribution in [3.05, 3.63) is 77.5 Å². The van der Waals surface area contributed by atoms with Gasteiger partial charge in [0, 0.05) is 23.2 Å². The van der Waals surface area contributed by atoms with E-state index in [-0.39, 0.29) is 17.3 Å². The van der Waals surface area contributed by atoms with Crippen molar-refractivity contribution in [1.82, 2.24) is 19.9 Å². The number of alkyl halides is 1. The summed E-state index contributed by atoms with van der Waals surface area (Å²) in [7, 11) is 0.216. The van der Waals surface area contributed by atoms with Crippen molar-refractivity contribution < 1.29 is 21.6 Å². The van der Waals surface area contributed by atoms with Crippen molar-refractivity contribution in [2.75, 3.05) is 24.1 Å². The molecule has 216 valence electrons. The van der Waals surface area contributed by atoms with E-state index < -0.39 is 34.1 Å². The molecule has 12 heteroatoms. The third kappa shape index (κ3) is 6.94. The fourth-order valence-corrected chi connectivity index (χ4v) is 6.29. The molecule has 0 radical (unpaired) electrons. The van der Waals surface area contributed by atoms with Crippen LogP contribution in [0.1, 0.15) is 36.8 Å². The van der Waals surface area contributed by atoms with E-state index in [9.17, 15) is 21.6 Å². The number of sulfonamides is 1. The van der Waals surface area contributed by atoms with Gasteiger partial charge in [-0.05, 0) is 75.7 Å². The lowest BCUT2D eigenvalue weighted by Crippen LogP contribution is -2.36. The first-order valence-electron chi connectivity index (χ1n) is 13.3. The van der Waals surface area contributed by atoms with Gasteiger partial charge in [-0.1, -0.05) is 18.2 Å². The van der Waals surface area contributed by atoms with Gasteiger partial charge in [-0.15, -0.1) is 0 Å². The van der Waals surface area contributed by atoms with Crippen molar-refractivity contribution in [2.45, 2.75) is 50.2 Å². The molecule has 1 aliphatic carbocycles. The van der Waals surface area contributed by atoms with Crippen molar-refractivity contribution in [3.8, 4) is 11.3 Å². The average Bonchev–Trinajstić information content (AvgIpc) is 2.95. The van der Waals surface area contributed by atoms with Crippen molar-refractivity contribution in [3.63, 3.8) is 0 Å². The van der Waals surface area contributed by atoms with Crippen LogP contribution >= 0.6 is 0 Å². The lowest BCUT2D eigenvalue weighted by molar-refractivity contribution is 0.221. The Hall–Kier alpha value is -3.77.